The first-order chi connectivity index (χ1) is 9.31. The second-order valence-corrected chi connectivity index (χ2v) is 5.62. The SMILES string of the molecule is CCCNc1ncccc1CSCCN(CC)CC. The van der Waals surface area contributed by atoms with Gasteiger partial charge in [0, 0.05) is 36.4 Å². The second-order valence-electron chi connectivity index (χ2n) is 4.52. The lowest BCUT2D eigenvalue weighted by molar-refractivity contribution is 0.324. The highest BCUT2D eigenvalue weighted by Crippen LogP contribution is 2.18. The molecule has 1 aromatic rings. The summed E-state index contributed by atoms with van der Waals surface area (Å²) in [7, 11) is 0. The lowest BCUT2D eigenvalue weighted by Crippen LogP contribution is -2.25. The molecule has 1 rings (SSSR count). The fraction of sp³-hybridized carbons (Fsp3) is 0.667. The van der Waals surface area contributed by atoms with Crippen LogP contribution in [0.1, 0.15) is 32.8 Å². The minimum absolute atomic E-state index is 0.994. The predicted molar refractivity (Wildman–Crippen MR) is 87.0 cm³/mol. The molecule has 0 saturated carbocycles. The number of nitrogens with zero attached hydrogens (tertiary/aromatic N) is 2. The molecule has 1 heterocycles. The summed E-state index contributed by atoms with van der Waals surface area (Å²) in [5, 5.41) is 3.40. The van der Waals surface area contributed by atoms with Crippen LogP contribution in [0.2, 0.25) is 0 Å². The number of pyridine rings is 1. The first-order valence-electron chi connectivity index (χ1n) is 7.29. The van der Waals surface area contributed by atoms with Crippen LogP contribution in [0.15, 0.2) is 18.3 Å². The van der Waals surface area contributed by atoms with Gasteiger partial charge in [-0.15, -0.1) is 0 Å². The van der Waals surface area contributed by atoms with Crippen molar-refractivity contribution >= 4 is 17.6 Å². The summed E-state index contributed by atoms with van der Waals surface area (Å²) in [6.07, 6.45) is 2.99. The highest BCUT2D eigenvalue weighted by atomic mass is 32.2. The maximum atomic E-state index is 4.43. The zero-order valence-corrected chi connectivity index (χ0v) is 13.3. The molecule has 0 spiro atoms. The number of hydrogen-bond acceptors (Lipinski definition) is 4. The largest absolute Gasteiger partial charge is 0.370 e. The maximum absolute atomic E-state index is 4.43. The molecule has 0 aromatic carbocycles. The van der Waals surface area contributed by atoms with Crippen LogP contribution in [0, 0.1) is 0 Å². The van der Waals surface area contributed by atoms with Crippen LogP contribution in [-0.4, -0.2) is 41.8 Å². The molecule has 3 nitrogen and oxygen atoms in total. The molecule has 0 atom stereocenters. The molecule has 1 N–H and O–H groups in total. The van der Waals surface area contributed by atoms with Gasteiger partial charge in [-0.1, -0.05) is 26.8 Å². The van der Waals surface area contributed by atoms with E-state index in [1.54, 1.807) is 0 Å². The minimum Gasteiger partial charge on any atom is -0.370 e. The van der Waals surface area contributed by atoms with E-state index in [-0.39, 0.29) is 0 Å². The van der Waals surface area contributed by atoms with E-state index < -0.39 is 0 Å². The van der Waals surface area contributed by atoms with Crippen molar-refractivity contribution in [2.75, 3.05) is 37.2 Å². The number of hydrogen-bond donors (Lipinski definition) is 1. The Morgan fingerprint density at radius 2 is 2.05 bits per heavy atom. The molecule has 0 fully saturated rings. The summed E-state index contributed by atoms with van der Waals surface area (Å²) < 4.78 is 0. The van der Waals surface area contributed by atoms with E-state index in [0.29, 0.717) is 0 Å². The van der Waals surface area contributed by atoms with E-state index in [2.05, 4.69) is 42.0 Å². The summed E-state index contributed by atoms with van der Waals surface area (Å²) in [4.78, 5) is 6.89. The van der Waals surface area contributed by atoms with Crippen LogP contribution in [0.25, 0.3) is 0 Å². The van der Waals surface area contributed by atoms with Crippen molar-refractivity contribution in [3.05, 3.63) is 23.9 Å². The first-order valence-corrected chi connectivity index (χ1v) is 8.45. The van der Waals surface area contributed by atoms with Crippen LogP contribution in [-0.2, 0) is 5.75 Å². The maximum Gasteiger partial charge on any atom is 0.129 e. The van der Waals surface area contributed by atoms with Crippen molar-refractivity contribution in [1.29, 1.82) is 0 Å². The lowest BCUT2D eigenvalue weighted by atomic mass is 10.3. The highest BCUT2D eigenvalue weighted by Gasteiger charge is 2.03. The lowest BCUT2D eigenvalue weighted by Gasteiger charge is -2.17. The number of thioether (sulfide) groups is 1. The topological polar surface area (TPSA) is 28.2 Å². The molecular weight excluding hydrogens is 254 g/mol. The van der Waals surface area contributed by atoms with Crippen LogP contribution in [0.3, 0.4) is 0 Å². The van der Waals surface area contributed by atoms with Gasteiger partial charge in [-0.25, -0.2) is 4.98 Å². The summed E-state index contributed by atoms with van der Waals surface area (Å²) in [5.74, 6) is 3.28. The Labute approximate surface area is 122 Å². The van der Waals surface area contributed by atoms with Gasteiger partial charge in [0.25, 0.3) is 0 Å². The van der Waals surface area contributed by atoms with Gasteiger partial charge in [-0.3, -0.25) is 0 Å². The normalized spacial score (nSPS) is 10.9. The van der Waals surface area contributed by atoms with Crippen molar-refractivity contribution in [3.8, 4) is 0 Å². The van der Waals surface area contributed by atoms with Gasteiger partial charge in [-0.05, 0) is 25.6 Å². The first kappa shape index (κ1) is 16.3. The van der Waals surface area contributed by atoms with Gasteiger partial charge in [0.1, 0.15) is 5.82 Å². The van der Waals surface area contributed by atoms with Crippen molar-refractivity contribution in [1.82, 2.24) is 9.88 Å². The average molecular weight is 281 g/mol. The molecule has 0 radical (unpaired) electrons. The Kier molecular flexibility index (Phi) is 8.67. The van der Waals surface area contributed by atoms with Crippen LogP contribution in [0.4, 0.5) is 5.82 Å². The molecule has 0 bridgehead atoms. The zero-order valence-electron chi connectivity index (χ0n) is 12.5. The third kappa shape index (κ3) is 6.30. The van der Waals surface area contributed by atoms with Gasteiger partial charge in [0.2, 0.25) is 0 Å². The molecule has 1 aromatic heterocycles. The number of rotatable bonds is 10. The van der Waals surface area contributed by atoms with E-state index in [0.717, 1.165) is 37.6 Å². The molecule has 0 aliphatic rings. The molecule has 19 heavy (non-hydrogen) atoms. The highest BCUT2D eigenvalue weighted by molar-refractivity contribution is 7.98. The van der Waals surface area contributed by atoms with Crippen LogP contribution < -0.4 is 5.32 Å². The molecule has 0 amide bonds. The number of aromatic nitrogens is 1. The smallest absolute Gasteiger partial charge is 0.129 e. The summed E-state index contributed by atoms with van der Waals surface area (Å²) in [6.45, 7) is 11.1. The standard InChI is InChI=1S/C15H27N3S/c1-4-9-16-15-14(8-7-10-17-15)13-19-12-11-18(5-2)6-3/h7-8,10H,4-6,9,11-13H2,1-3H3,(H,16,17). The van der Waals surface area contributed by atoms with Gasteiger partial charge in [-0.2, -0.15) is 11.8 Å². The van der Waals surface area contributed by atoms with Crippen molar-refractivity contribution in [2.24, 2.45) is 0 Å². The quantitative estimate of drug-likeness (QED) is 0.665. The molecule has 0 unspecified atom stereocenters. The number of nitrogens with one attached hydrogen (secondary N) is 1. The van der Waals surface area contributed by atoms with E-state index in [4.69, 9.17) is 0 Å². The van der Waals surface area contributed by atoms with E-state index in [1.165, 1.54) is 17.9 Å². The second kappa shape index (κ2) is 10.1. The molecule has 0 aliphatic carbocycles. The zero-order chi connectivity index (χ0) is 13.9. The van der Waals surface area contributed by atoms with E-state index in [9.17, 15) is 0 Å². The summed E-state index contributed by atoms with van der Waals surface area (Å²) in [5.41, 5.74) is 1.32. The molecular formula is C15H27N3S. The van der Waals surface area contributed by atoms with Crippen LogP contribution in [0.5, 0.6) is 0 Å². The van der Waals surface area contributed by atoms with Gasteiger partial charge < -0.3 is 10.2 Å². The average Bonchev–Trinajstić information content (AvgIpc) is 2.46. The fourth-order valence-electron chi connectivity index (χ4n) is 1.87. The van der Waals surface area contributed by atoms with Gasteiger partial charge >= 0.3 is 0 Å². The van der Waals surface area contributed by atoms with Gasteiger partial charge in [0.05, 0.1) is 0 Å². The minimum atomic E-state index is 0.994. The number of anilines is 1. The predicted octanol–water partition coefficient (Wildman–Crippen LogP) is 3.48. The Hall–Kier alpha value is -0.740. The summed E-state index contributed by atoms with van der Waals surface area (Å²) in [6, 6.07) is 4.20. The Morgan fingerprint density at radius 3 is 2.74 bits per heavy atom. The third-order valence-corrected chi connectivity index (χ3v) is 4.12. The van der Waals surface area contributed by atoms with Crippen molar-refractivity contribution in [3.63, 3.8) is 0 Å². The fourth-order valence-corrected chi connectivity index (χ4v) is 2.86. The molecule has 0 saturated heterocycles. The van der Waals surface area contributed by atoms with Crippen molar-refractivity contribution < 1.29 is 0 Å². The van der Waals surface area contributed by atoms with Crippen molar-refractivity contribution in [2.45, 2.75) is 32.9 Å². The summed E-state index contributed by atoms with van der Waals surface area (Å²) >= 11 is 1.99. The third-order valence-electron chi connectivity index (χ3n) is 3.14. The Bertz CT molecular complexity index is 340. The molecule has 4 heteroatoms. The Morgan fingerprint density at radius 1 is 1.26 bits per heavy atom. The Balaban J connectivity index is 2.35. The molecule has 108 valence electrons. The monoisotopic (exact) mass is 281 g/mol. The molecule has 0 aliphatic heterocycles. The van der Waals surface area contributed by atoms with E-state index in [1.807, 2.05) is 24.0 Å². The van der Waals surface area contributed by atoms with Gasteiger partial charge in [0.15, 0.2) is 0 Å². The van der Waals surface area contributed by atoms with Crippen LogP contribution >= 0.6 is 11.8 Å². The van der Waals surface area contributed by atoms with E-state index >= 15 is 0 Å².